The van der Waals surface area contributed by atoms with Crippen LogP contribution in [0.3, 0.4) is 0 Å². The maximum atomic E-state index is 2.40. The van der Waals surface area contributed by atoms with Crippen LogP contribution in [0.2, 0.25) is 0 Å². The fourth-order valence-electron chi connectivity index (χ4n) is 2.65. The lowest BCUT2D eigenvalue weighted by atomic mass is 9.78. The molecule has 1 aromatic carbocycles. The van der Waals surface area contributed by atoms with Gasteiger partial charge in [0.15, 0.2) is 0 Å². The van der Waals surface area contributed by atoms with Gasteiger partial charge in [0.05, 0.1) is 0 Å². The molecular weight excluding hydrogens is 223 g/mol. The minimum Gasteiger partial charge on any atom is -0.112 e. The van der Waals surface area contributed by atoms with Crippen LogP contribution < -0.4 is 0 Å². The Labute approximate surface area is 106 Å². The van der Waals surface area contributed by atoms with E-state index in [4.69, 9.17) is 0 Å². The Kier molecular flexibility index (Phi) is 3.84. The molecule has 0 nitrogen and oxygen atoms in total. The van der Waals surface area contributed by atoms with Gasteiger partial charge in [0.2, 0.25) is 0 Å². The minimum absolute atomic E-state index is 0.0971. The van der Waals surface area contributed by atoms with Crippen LogP contribution in [0.4, 0.5) is 0 Å². The molecule has 0 spiro atoms. The van der Waals surface area contributed by atoms with E-state index in [2.05, 4.69) is 68.8 Å². The standard InChI is InChI=1S/C16H21P/c1-16(13-17(2)3,15-11-7-8-12-15)14-9-5-4-6-10-14/h4-7,9-12H,8,13H2,1-3H3. The van der Waals surface area contributed by atoms with Gasteiger partial charge in [0.1, 0.15) is 0 Å². The lowest BCUT2D eigenvalue weighted by Gasteiger charge is -2.33. The summed E-state index contributed by atoms with van der Waals surface area (Å²) in [6.45, 7) is 7.14. The van der Waals surface area contributed by atoms with Crippen LogP contribution >= 0.6 is 7.92 Å². The van der Waals surface area contributed by atoms with E-state index in [-0.39, 0.29) is 13.3 Å². The molecular formula is C16H21P. The predicted octanol–water partition coefficient (Wildman–Crippen LogP) is 4.57. The van der Waals surface area contributed by atoms with E-state index < -0.39 is 0 Å². The molecule has 0 saturated carbocycles. The Morgan fingerprint density at radius 2 is 1.88 bits per heavy atom. The van der Waals surface area contributed by atoms with Crippen molar-refractivity contribution in [2.75, 3.05) is 19.5 Å². The number of benzene rings is 1. The number of hydrogen-bond donors (Lipinski definition) is 0. The van der Waals surface area contributed by atoms with E-state index in [1.807, 2.05) is 0 Å². The molecule has 90 valence electrons. The third-order valence-corrected chi connectivity index (χ3v) is 4.72. The Balaban J connectivity index is 2.40. The first-order chi connectivity index (χ1) is 8.13. The Morgan fingerprint density at radius 1 is 1.18 bits per heavy atom. The van der Waals surface area contributed by atoms with Crippen molar-refractivity contribution in [3.63, 3.8) is 0 Å². The number of rotatable bonds is 4. The molecule has 0 N–H and O–H groups in total. The monoisotopic (exact) mass is 244 g/mol. The Hall–Kier alpha value is -0.870. The lowest BCUT2D eigenvalue weighted by molar-refractivity contribution is 0.649. The highest BCUT2D eigenvalue weighted by molar-refractivity contribution is 7.56. The van der Waals surface area contributed by atoms with Gasteiger partial charge in [-0.25, -0.2) is 0 Å². The van der Waals surface area contributed by atoms with Crippen molar-refractivity contribution in [3.05, 3.63) is 59.7 Å². The summed E-state index contributed by atoms with van der Waals surface area (Å²) < 4.78 is 0. The largest absolute Gasteiger partial charge is 0.112 e. The van der Waals surface area contributed by atoms with Crippen LogP contribution in [-0.4, -0.2) is 19.5 Å². The zero-order valence-corrected chi connectivity index (χ0v) is 11.9. The van der Waals surface area contributed by atoms with Gasteiger partial charge in [-0.3, -0.25) is 0 Å². The summed E-state index contributed by atoms with van der Waals surface area (Å²) in [5, 5.41) is 0. The van der Waals surface area contributed by atoms with Crippen molar-refractivity contribution in [1.29, 1.82) is 0 Å². The molecule has 1 heteroatoms. The molecule has 0 heterocycles. The molecule has 0 radical (unpaired) electrons. The van der Waals surface area contributed by atoms with Crippen molar-refractivity contribution in [3.8, 4) is 0 Å². The smallest absolute Gasteiger partial charge is 0.0210 e. The van der Waals surface area contributed by atoms with Gasteiger partial charge in [-0.15, -0.1) is 7.92 Å². The van der Waals surface area contributed by atoms with E-state index in [0.717, 1.165) is 6.42 Å². The van der Waals surface area contributed by atoms with E-state index >= 15 is 0 Å². The molecule has 0 amide bonds. The van der Waals surface area contributed by atoms with E-state index in [1.54, 1.807) is 0 Å². The highest BCUT2D eigenvalue weighted by Gasteiger charge is 2.31. The van der Waals surface area contributed by atoms with Crippen LogP contribution in [0.1, 0.15) is 18.9 Å². The van der Waals surface area contributed by atoms with Gasteiger partial charge in [0, 0.05) is 5.41 Å². The Morgan fingerprint density at radius 3 is 2.41 bits per heavy atom. The van der Waals surface area contributed by atoms with Crippen molar-refractivity contribution in [1.82, 2.24) is 0 Å². The van der Waals surface area contributed by atoms with E-state index in [0.29, 0.717) is 0 Å². The van der Waals surface area contributed by atoms with Crippen LogP contribution in [0.25, 0.3) is 0 Å². The van der Waals surface area contributed by atoms with Crippen molar-refractivity contribution in [2.24, 2.45) is 0 Å². The first kappa shape index (κ1) is 12.6. The lowest BCUT2D eigenvalue weighted by Crippen LogP contribution is -2.27. The number of hydrogen-bond acceptors (Lipinski definition) is 0. The molecule has 2 rings (SSSR count). The molecule has 1 aliphatic rings. The van der Waals surface area contributed by atoms with Gasteiger partial charge in [0.25, 0.3) is 0 Å². The third-order valence-electron chi connectivity index (χ3n) is 3.45. The third kappa shape index (κ3) is 2.69. The average molecular weight is 244 g/mol. The van der Waals surface area contributed by atoms with E-state index in [9.17, 15) is 0 Å². The molecule has 0 fully saturated rings. The second-order valence-electron chi connectivity index (χ2n) is 5.23. The quantitative estimate of drug-likeness (QED) is 0.680. The molecule has 0 aromatic heterocycles. The van der Waals surface area contributed by atoms with Crippen molar-refractivity contribution in [2.45, 2.75) is 18.8 Å². The fourth-order valence-corrected chi connectivity index (χ4v) is 4.29. The van der Waals surface area contributed by atoms with Gasteiger partial charge in [-0.05, 0) is 37.0 Å². The predicted molar refractivity (Wildman–Crippen MR) is 79.3 cm³/mol. The summed E-state index contributed by atoms with van der Waals surface area (Å²) in [5.74, 6) is 0. The molecule has 0 saturated heterocycles. The second kappa shape index (κ2) is 5.19. The second-order valence-corrected chi connectivity index (χ2v) is 7.71. The summed E-state index contributed by atoms with van der Waals surface area (Å²) in [6.07, 6.45) is 9.33. The number of allylic oxidation sites excluding steroid dienone is 4. The van der Waals surface area contributed by atoms with Gasteiger partial charge in [-0.2, -0.15) is 0 Å². The summed E-state index contributed by atoms with van der Waals surface area (Å²) >= 11 is 0. The van der Waals surface area contributed by atoms with Crippen molar-refractivity contribution < 1.29 is 0 Å². The highest BCUT2D eigenvalue weighted by Crippen LogP contribution is 2.43. The van der Waals surface area contributed by atoms with Crippen LogP contribution in [0.15, 0.2) is 54.1 Å². The first-order valence-electron chi connectivity index (χ1n) is 6.20. The molecule has 1 aliphatic carbocycles. The zero-order valence-electron chi connectivity index (χ0n) is 11.0. The minimum atomic E-state index is 0.0971. The van der Waals surface area contributed by atoms with Crippen molar-refractivity contribution >= 4 is 7.92 Å². The first-order valence-corrected chi connectivity index (χ1v) is 8.62. The molecule has 1 aromatic rings. The topological polar surface area (TPSA) is 0 Å². The molecule has 0 bridgehead atoms. The summed E-state index contributed by atoms with van der Waals surface area (Å²) in [6, 6.07) is 10.9. The van der Waals surface area contributed by atoms with Gasteiger partial charge in [-0.1, -0.05) is 55.5 Å². The summed E-state index contributed by atoms with van der Waals surface area (Å²) in [7, 11) is 0.0971. The normalized spacial score (nSPS) is 18.2. The molecule has 17 heavy (non-hydrogen) atoms. The average Bonchev–Trinajstić information content (AvgIpc) is 2.83. The molecule has 1 atom stereocenters. The summed E-state index contributed by atoms with van der Waals surface area (Å²) in [4.78, 5) is 0. The molecule has 1 unspecified atom stereocenters. The van der Waals surface area contributed by atoms with Gasteiger partial charge >= 0.3 is 0 Å². The Bertz CT molecular complexity index is 428. The van der Waals surface area contributed by atoms with Gasteiger partial charge < -0.3 is 0 Å². The molecule has 0 aliphatic heterocycles. The maximum Gasteiger partial charge on any atom is 0.0210 e. The fraction of sp³-hybridized carbons (Fsp3) is 0.375. The SMILES string of the molecule is CP(C)CC(C)(C1=CCC=C1)c1ccccc1. The van der Waals surface area contributed by atoms with Crippen LogP contribution in [0, 0.1) is 0 Å². The van der Waals surface area contributed by atoms with Crippen LogP contribution in [0.5, 0.6) is 0 Å². The summed E-state index contributed by atoms with van der Waals surface area (Å²) in [5.41, 5.74) is 3.15. The highest BCUT2D eigenvalue weighted by atomic mass is 31.1. The maximum absolute atomic E-state index is 2.40. The van der Waals surface area contributed by atoms with E-state index in [1.165, 1.54) is 17.3 Å². The zero-order chi connectivity index (χ0) is 12.3. The van der Waals surface area contributed by atoms with Crippen LogP contribution in [-0.2, 0) is 5.41 Å².